The molecule has 2 aliphatic carbocycles. The molecular weight excluding hydrogens is 457 g/mol. The number of nitrogens with one attached hydrogen (secondary N) is 2. The molecule has 174 valence electrons. The Kier molecular flexibility index (Phi) is 4.79. The summed E-state index contributed by atoms with van der Waals surface area (Å²) in [7, 11) is 2.20. The van der Waals surface area contributed by atoms with Crippen molar-refractivity contribution in [2.75, 3.05) is 30.8 Å². The fourth-order valence-electron chi connectivity index (χ4n) is 5.89. The smallest absolute Gasteiger partial charge is 0.247 e. The first-order valence-electron chi connectivity index (χ1n) is 11.2. The van der Waals surface area contributed by atoms with Gasteiger partial charge in [-0.2, -0.15) is 0 Å². The van der Waals surface area contributed by atoms with Crippen molar-refractivity contribution in [1.82, 2.24) is 14.9 Å². The molecule has 2 aliphatic heterocycles. The highest BCUT2D eigenvalue weighted by Gasteiger charge is 2.90. The number of nitrogens with zero attached hydrogens (tertiary/aromatic N) is 3. The van der Waals surface area contributed by atoms with Gasteiger partial charge < -0.3 is 20.3 Å². The van der Waals surface area contributed by atoms with Gasteiger partial charge in [0.1, 0.15) is 23.7 Å². The molecule has 2 aromatic carbocycles. The third kappa shape index (κ3) is 3.24. The van der Waals surface area contributed by atoms with E-state index in [0.29, 0.717) is 45.9 Å². The van der Waals surface area contributed by atoms with Gasteiger partial charge in [-0.25, -0.2) is 14.4 Å². The van der Waals surface area contributed by atoms with Crippen LogP contribution in [0, 0.1) is 23.1 Å². The summed E-state index contributed by atoms with van der Waals surface area (Å²) in [4.78, 5) is 23.3. The van der Waals surface area contributed by atoms with Crippen molar-refractivity contribution in [2.24, 2.45) is 17.3 Å². The van der Waals surface area contributed by atoms with Crippen LogP contribution in [0.15, 0.2) is 49.3 Å². The minimum Gasteiger partial charge on any atom is -0.491 e. The van der Waals surface area contributed by atoms with E-state index in [0.717, 1.165) is 24.3 Å². The number of halogens is 2. The summed E-state index contributed by atoms with van der Waals surface area (Å²) in [5.41, 5.74) is 2.18. The lowest BCUT2D eigenvalue weighted by Gasteiger charge is -2.16. The first-order valence-corrected chi connectivity index (χ1v) is 11.6. The summed E-state index contributed by atoms with van der Waals surface area (Å²) in [5, 5.41) is 6.64. The zero-order chi connectivity index (χ0) is 23.6. The number of benzene rings is 2. The Labute approximate surface area is 201 Å². The number of aromatic nitrogens is 2. The van der Waals surface area contributed by atoms with Crippen molar-refractivity contribution in [1.29, 1.82) is 0 Å². The predicted molar refractivity (Wildman–Crippen MR) is 129 cm³/mol. The van der Waals surface area contributed by atoms with Crippen LogP contribution in [-0.2, 0) is 4.79 Å². The average molecular weight is 480 g/mol. The lowest BCUT2D eigenvalue weighted by Crippen LogP contribution is -2.17. The van der Waals surface area contributed by atoms with Gasteiger partial charge in [-0.15, -0.1) is 0 Å². The molecule has 7 nitrogen and oxygen atoms in total. The molecule has 34 heavy (non-hydrogen) atoms. The largest absolute Gasteiger partial charge is 0.491 e. The lowest BCUT2D eigenvalue weighted by molar-refractivity contribution is -0.111. The van der Waals surface area contributed by atoms with Gasteiger partial charge in [0, 0.05) is 29.7 Å². The van der Waals surface area contributed by atoms with Crippen LogP contribution in [0.5, 0.6) is 5.75 Å². The second kappa shape index (κ2) is 7.65. The Balaban J connectivity index is 1.27. The topological polar surface area (TPSA) is 79.4 Å². The van der Waals surface area contributed by atoms with E-state index in [-0.39, 0.29) is 10.9 Å². The molecule has 1 unspecified atom stereocenters. The lowest BCUT2D eigenvalue weighted by atomic mass is 10.0. The Morgan fingerprint density at radius 3 is 2.94 bits per heavy atom. The number of piperidine rings is 1. The molecule has 3 aromatic rings. The van der Waals surface area contributed by atoms with Crippen LogP contribution < -0.4 is 15.4 Å². The van der Waals surface area contributed by atoms with E-state index in [4.69, 9.17) is 16.3 Å². The normalized spacial score (nSPS) is 26.1. The monoisotopic (exact) mass is 479 g/mol. The maximum absolute atomic E-state index is 13.5. The SMILES string of the molecule is C=CC(=O)Nc1cc2c(Nc3ccc(F)c(Cl)c3)ncnc2cc1OCC[C@]12C3[C@@H]1[C@@H]2CN3C. The molecule has 0 radical (unpaired) electrons. The third-order valence-electron chi connectivity index (χ3n) is 7.53. The van der Waals surface area contributed by atoms with Gasteiger partial charge in [0.2, 0.25) is 5.91 Å². The van der Waals surface area contributed by atoms with Gasteiger partial charge in [0.05, 0.1) is 22.8 Å². The zero-order valence-electron chi connectivity index (χ0n) is 18.5. The number of hydrogen-bond donors (Lipinski definition) is 2. The molecule has 2 bridgehead atoms. The second-order valence-corrected chi connectivity index (χ2v) is 9.67. The third-order valence-corrected chi connectivity index (χ3v) is 7.82. The molecule has 2 saturated carbocycles. The summed E-state index contributed by atoms with van der Waals surface area (Å²) in [5.74, 6) is 1.86. The minimum absolute atomic E-state index is 0.00523. The molecule has 1 amide bonds. The summed E-state index contributed by atoms with van der Waals surface area (Å²) in [6.07, 6.45) is 3.65. The molecule has 4 atom stereocenters. The second-order valence-electron chi connectivity index (χ2n) is 9.26. The average Bonchev–Trinajstić information content (AvgIpc) is 3.56. The molecule has 3 heterocycles. The van der Waals surface area contributed by atoms with Crippen molar-refractivity contribution in [3.63, 3.8) is 0 Å². The van der Waals surface area contributed by atoms with Crippen LogP contribution in [0.1, 0.15) is 6.42 Å². The first-order chi connectivity index (χ1) is 16.4. The molecule has 4 aliphatic rings. The maximum Gasteiger partial charge on any atom is 0.247 e. The number of ether oxygens (including phenoxy) is 1. The van der Waals surface area contributed by atoms with Gasteiger partial charge in [0.25, 0.3) is 0 Å². The van der Waals surface area contributed by atoms with Crippen molar-refractivity contribution < 1.29 is 13.9 Å². The summed E-state index contributed by atoms with van der Waals surface area (Å²) in [6, 6.07) is 8.62. The Bertz CT molecular complexity index is 1340. The van der Waals surface area contributed by atoms with Gasteiger partial charge in [-0.05, 0) is 61.1 Å². The van der Waals surface area contributed by atoms with E-state index in [1.807, 2.05) is 0 Å². The van der Waals surface area contributed by atoms with Crippen LogP contribution in [-0.4, -0.2) is 47.0 Å². The molecule has 2 saturated heterocycles. The minimum atomic E-state index is -0.501. The van der Waals surface area contributed by atoms with Crippen LogP contribution in [0.2, 0.25) is 5.02 Å². The first kappa shape index (κ1) is 21.3. The number of amides is 1. The fraction of sp³-hybridized carbons (Fsp3) is 0.320. The standard InChI is InChI=1S/C25H23ClFN5O2/c1-3-21(33)31-19-9-14-18(28-12-29-24(14)30-13-4-5-17(27)16(26)8-13)10-20(19)34-7-6-25-15-11-32(2)23(25)22(15)25/h3-5,8-10,12,15,22-23H,1,6-7,11H2,2H3,(H,31,33)(H,28,29,30)/t15-,22-,23?,25+/m0/s1. The van der Waals surface area contributed by atoms with Gasteiger partial charge >= 0.3 is 0 Å². The van der Waals surface area contributed by atoms with E-state index < -0.39 is 5.82 Å². The number of carbonyl (C=O) groups is 1. The molecule has 4 fully saturated rings. The Morgan fingerprint density at radius 2 is 2.24 bits per heavy atom. The number of anilines is 3. The summed E-state index contributed by atoms with van der Waals surface area (Å²) >= 11 is 5.91. The quantitative estimate of drug-likeness (QED) is 0.459. The van der Waals surface area contributed by atoms with Crippen molar-refractivity contribution in [3.8, 4) is 5.75 Å². The summed E-state index contributed by atoms with van der Waals surface area (Å²) < 4.78 is 19.7. The van der Waals surface area contributed by atoms with Crippen molar-refractivity contribution in [2.45, 2.75) is 12.5 Å². The number of hydrogen-bond acceptors (Lipinski definition) is 6. The molecule has 7 rings (SSSR count). The van der Waals surface area contributed by atoms with Crippen LogP contribution in [0.25, 0.3) is 10.9 Å². The maximum atomic E-state index is 13.5. The fourth-order valence-corrected chi connectivity index (χ4v) is 6.07. The van der Waals surface area contributed by atoms with Crippen molar-refractivity contribution in [3.05, 3.63) is 60.2 Å². The Hall–Kier alpha value is -3.23. The van der Waals surface area contributed by atoms with Crippen LogP contribution in [0.3, 0.4) is 0 Å². The molecular formula is C25H23ClFN5O2. The van der Waals surface area contributed by atoms with Gasteiger partial charge in [-0.1, -0.05) is 18.2 Å². The van der Waals surface area contributed by atoms with E-state index in [9.17, 15) is 9.18 Å². The predicted octanol–water partition coefficient (Wildman–Crippen LogP) is 4.62. The van der Waals surface area contributed by atoms with E-state index in [1.165, 1.54) is 31.1 Å². The van der Waals surface area contributed by atoms with E-state index in [1.54, 1.807) is 18.2 Å². The highest BCUT2D eigenvalue weighted by molar-refractivity contribution is 6.31. The van der Waals surface area contributed by atoms with E-state index >= 15 is 0 Å². The van der Waals surface area contributed by atoms with Gasteiger partial charge in [0.15, 0.2) is 0 Å². The molecule has 9 heteroatoms. The summed E-state index contributed by atoms with van der Waals surface area (Å²) in [6.45, 7) is 5.30. The van der Waals surface area contributed by atoms with Crippen molar-refractivity contribution >= 4 is 45.6 Å². The van der Waals surface area contributed by atoms with Gasteiger partial charge in [-0.3, -0.25) is 4.79 Å². The number of carbonyl (C=O) groups excluding carboxylic acids is 1. The van der Waals surface area contributed by atoms with Crippen LogP contribution >= 0.6 is 11.6 Å². The van der Waals surface area contributed by atoms with E-state index in [2.05, 4.69) is 39.1 Å². The highest BCUT2D eigenvalue weighted by atomic mass is 35.5. The zero-order valence-corrected chi connectivity index (χ0v) is 19.3. The highest BCUT2D eigenvalue weighted by Crippen LogP contribution is 2.86. The molecule has 2 N–H and O–H groups in total. The number of fused-ring (bicyclic) bond motifs is 2. The van der Waals surface area contributed by atoms with Crippen LogP contribution in [0.4, 0.5) is 21.6 Å². The number of rotatable bonds is 8. The molecule has 0 spiro atoms. The molecule has 1 aromatic heterocycles. The Morgan fingerprint density at radius 1 is 1.38 bits per heavy atom.